The zero-order valence-electron chi connectivity index (χ0n) is 11.9. The second-order valence-corrected chi connectivity index (χ2v) is 6.37. The summed E-state index contributed by atoms with van der Waals surface area (Å²) in [5, 5.41) is 11.3. The molecule has 0 saturated carbocycles. The summed E-state index contributed by atoms with van der Waals surface area (Å²) in [6, 6.07) is 3.67. The highest BCUT2D eigenvalue weighted by atomic mass is 35.5. The monoisotopic (exact) mass is 325 g/mol. The number of halogens is 1. The molecule has 0 aliphatic carbocycles. The largest absolute Gasteiger partial charge is 0.322 e. The highest BCUT2D eigenvalue weighted by Crippen LogP contribution is 2.25. The molecular formula is C13H16ClN5OS. The number of nitrogens with one attached hydrogen (secondary N) is 1. The van der Waals surface area contributed by atoms with Gasteiger partial charge in [0.05, 0.1) is 10.9 Å². The van der Waals surface area contributed by atoms with E-state index in [-0.39, 0.29) is 22.4 Å². The van der Waals surface area contributed by atoms with Gasteiger partial charge in [-0.1, -0.05) is 23.4 Å². The van der Waals surface area contributed by atoms with Gasteiger partial charge in [0.1, 0.15) is 6.33 Å². The van der Waals surface area contributed by atoms with Crippen molar-refractivity contribution in [3.8, 4) is 0 Å². The minimum atomic E-state index is -0.331. The summed E-state index contributed by atoms with van der Waals surface area (Å²) in [6.07, 6.45) is 3.23. The average Bonchev–Trinajstić information content (AvgIpc) is 2.89. The Kier molecular flexibility index (Phi) is 5.19. The van der Waals surface area contributed by atoms with Gasteiger partial charge in [0.15, 0.2) is 10.3 Å². The van der Waals surface area contributed by atoms with E-state index in [9.17, 15) is 4.79 Å². The molecular weight excluding hydrogens is 310 g/mol. The molecule has 2 aromatic rings. The van der Waals surface area contributed by atoms with Gasteiger partial charge in [0, 0.05) is 12.2 Å². The molecule has 0 saturated heterocycles. The molecule has 6 nitrogen and oxygen atoms in total. The predicted octanol–water partition coefficient (Wildman–Crippen LogP) is 3.03. The van der Waals surface area contributed by atoms with Crippen LogP contribution in [-0.4, -0.2) is 30.9 Å². The van der Waals surface area contributed by atoms with Gasteiger partial charge < -0.3 is 9.88 Å². The van der Waals surface area contributed by atoms with Gasteiger partial charge in [-0.15, -0.1) is 10.2 Å². The molecule has 0 radical (unpaired) electrons. The maximum atomic E-state index is 12.2. The Morgan fingerprint density at radius 2 is 2.19 bits per heavy atom. The van der Waals surface area contributed by atoms with Crippen molar-refractivity contribution in [1.29, 1.82) is 0 Å². The zero-order valence-corrected chi connectivity index (χ0v) is 13.5. The van der Waals surface area contributed by atoms with Crippen LogP contribution in [0.25, 0.3) is 0 Å². The van der Waals surface area contributed by atoms with E-state index in [1.165, 1.54) is 11.8 Å². The molecule has 1 atom stereocenters. The lowest BCUT2D eigenvalue weighted by molar-refractivity contribution is -0.115. The molecule has 0 bridgehead atoms. The normalized spacial score (nSPS) is 12.4. The maximum Gasteiger partial charge on any atom is 0.237 e. The third kappa shape index (κ3) is 3.95. The number of aromatic nitrogens is 4. The van der Waals surface area contributed by atoms with Crippen LogP contribution in [0.5, 0.6) is 0 Å². The fraction of sp³-hybridized carbons (Fsp3) is 0.385. The third-order valence-corrected chi connectivity index (χ3v) is 4.14. The van der Waals surface area contributed by atoms with Crippen molar-refractivity contribution >= 4 is 35.0 Å². The van der Waals surface area contributed by atoms with Crippen molar-refractivity contribution in [1.82, 2.24) is 19.7 Å². The Hall–Kier alpha value is -1.60. The molecule has 0 aromatic carbocycles. The lowest BCUT2D eigenvalue weighted by atomic mass is 10.4. The van der Waals surface area contributed by atoms with Crippen molar-refractivity contribution in [3.63, 3.8) is 0 Å². The van der Waals surface area contributed by atoms with Crippen LogP contribution in [0.3, 0.4) is 0 Å². The number of nitrogens with zero attached hydrogens (tertiary/aromatic N) is 4. The molecule has 0 spiro atoms. The number of hydrogen-bond acceptors (Lipinski definition) is 5. The van der Waals surface area contributed by atoms with E-state index in [1.807, 2.05) is 25.3 Å². The second kappa shape index (κ2) is 6.91. The summed E-state index contributed by atoms with van der Waals surface area (Å²) < 4.78 is 1.92. The molecule has 8 heteroatoms. The van der Waals surface area contributed by atoms with Crippen molar-refractivity contribution < 1.29 is 4.79 Å². The molecule has 1 amide bonds. The minimum absolute atomic E-state index is 0.159. The number of pyridine rings is 1. The van der Waals surface area contributed by atoms with Gasteiger partial charge in [-0.3, -0.25) is 4.79 Å². The van der Waals surface area contributed by atoms with Crippen LogP contribution in [0.4, 0.5) is 5.69 Å². The summed E-state index contributed by atoms with van der Waals surface area (Å²) >= 11 is 7.28. The van der Waals surface area contributed by atoms with Gasteiger partial charge in [-0.25, -0.2) is 4.98 Å². The lowest BCUT2D eigenvalue weighted by Gasteiger charge is -2.14. The molecule has 1 N–H and O–H groups in total. The predicted molar refractivity (Wildman–Crippen MR) is 83.6 cm³/mol. The second-order valence-electron chi connectivity index (χ2n) is 4.71. The summed E-state index contributed by atoms with van der Waals surface area (Å²) in [6.45, 7) is 5.88. The Morgan fingerprint density at radius 3 is 2.86 bits per heavy atom. The Labute approximate surface area is 132 Å². The van der Waals surface area contributed by atoms with Crippen LogP contribution >= 0.6 is 23.4 Å². The first-order valence-corrected chi connectivity index (χ1v) is 7.72. The standard InChI is InChI=1S/C13H16ClN5OS/c1-8(2)19-7-16-18-13(19)21-9(3)12(20)17-10-5-4-6-15-11(10)14/h4-9H,1-3H3,(H,17,20)/t9-/m1/s1. The summed E-state index contributed by atoms with van der Waals surface area (Å²) in [5.41, 5.74) is 0.502. The van der Waals surface area contributed by atoms with Crippen molar-refractivity contribution in [2.24, 2.45) is 0 Å². The van der Waals surface area contributed by atoms with Crippen LogP contribution in [0.2, 0.25) is 5.15 Å². The van der Waals surface area contributed by atoms with Crippen LogP contribution in [0.15, 0.2) is 29.8 Å². The molecule has 0 fully saturated rings. The van der Waals surface area contributed by atoms with Crippen LogP contribution in [0, 0.1) is 0 Å². The highest BCUT2D eigenvalue weighted by molar-refractivity contribution is 8.00. The third-order valence-electron chi connectivity index (χ3n) is 2.76. The van der Waals surface area contributed by atoms with E-state index in [0.717, 1.165) is 0 Å². The molecule has 2 aromatic heterocycles. The Bertz CT molecular complexity index is 631. The molecule has 0 unspecified atom stereocenters. The van der Waals surface area contributed by atoms with E-state index < -0.39 is 0 Å². The SMILES string of the molecule is CC(C)n1cnnc1S[C@H](C)C(=O)Nc1cccnc1Cl. The molecule has 0 aliphatic rings. The first kappa shape index (κ1) is 15.8. The highest BCUT2D eigenvalue weighted by Gasteiger charge is 2.19. The van der Waals surface area contributed by atoms with Crippen molar-refractivity contribution in [2.45, 2.75) is 37.2 Å². The number of rotatable bonds is 5. The number of carbonyl (C=O) groups is 1. The van der Waals surface area contributed by atoms with Crippen LogP contribution in [-0.2, 0) is 4.79 Å². The van der Waals surface area contributed by atoms with E-state index in [4.69, 9.17) is 11.6 Å². The van der Waals surface area contributed by atoms with Gasteiger partial charge >= 0.3 is 0 Å². The summed E-state index contributed by atoms with van der Waals surface area (Å²) in [4.78, 5) is 16.1. The topological polar surface area (TPSA) is 72.7 Å². The number of thioether (sulfide) groups is 1. The average molecular weight is 326 g/mol. The van der Waals surface area contributed by atoms with E-state index in [0.29, 0.717) is 10.8 Å². The molecule has 112 valence electrons. The lowest BCUT2D eigenvalue weighted by Crippen LogP contribution is -2.23. The molecule has 21 heavy (non-hydrogen) atoms. The number of anilines is 1. The smallest absolute Gasteiger partial charge is 0.237 e. The van der Waals surface area contributed by atoms with Crippen molar-refractivity contribution in [2.75, 3.05) is 5.32 Å². The van der Waals surface area contributed by atoms with E-state index in [1.54, 1.807) is 24.7 Å². The van der Waals surface area contributed by atoms with Gasteiger partial charge in [0.25, 0.3) is 0 Å². The van der Waals surface area contributed by atoms with E-state index in [2.05, 4.69) is 20.5 Å². The Balaban J connectivity index is 2.03. The molecule has 2 rings (SSSR count). The quantitative estimate of drug-likeness (QED) is 0.675. The number of amides is 1. The fourth-order valence-corrected chi connectivity index (χ4v) is 2.72. The Morgan fingerprint density at radius 1 is 1.43 bits per heavy atom. The first-order chi connectivity index (χ1) is 9.99. The van der Waals surface area contributed by atoms with Gasteiger partial charge in [-0.05, 0) is 32.9 Å². The summed E-state index contributed by atoms with van der Waals surface area (Å²) in [5.74, 6) is -0.159. The number of carbonyl (C=O) groups excluding carboxylic acids is 1. The summed E-state index contributed by atoms with van der Waals surface area (Å²) in [7, 11) is 0. The maximum absolute atomic E-state index is 12.2. The van der Waals surface area contributed by atoms with Crippen LogP contribution in [0.1, 0.15) is 26.8 Å². The fourth-order valence-electron chi connectivity index (χ4n) is 1.60. The van der Waals surface area contributed by atoms with E-state index >= 15 is 0 Å². The van der Waals surface area contributed by atoms with Gasteiger partial charge in [-0.2, -0.15) is 0 Å². The molecule has 0 aliphatic heterocycles. The van der Waals surface area contributed by atoms with Crippen molar-refractivity contribution in [3.05, 3.63) is 29.8 Å². The first-order valence-electron chi connectivity index (χ1n) is 6.46. The number of hydrogen-bond donors (Lipinski definition) is 1. The van der Waals surface area contributed by atoms with Crippen LogP contribution < -0.4 is 5.32 Å². The zero-order chi connectivity index (χ0) is 15.4. The minimum Gasteiger partial charge on any atom is -0.322 e. The van der Waals surface area contributed by atoms with Gasteiger partial charge in [0.2, 0.25) is 5.91 Å². The molecule has 2 heterocycles.